The normalized spacial score (nSPS) is 19.1. The molecule has 4 heteroatoms. The van der Waals surface area contributed by atoms with Gasteiger partial charge in [0.15, 0.2) is 0 Å². The summed E-state index contributed by atoms with van der Waals surface area (Å²) in [4.78, 5) is 0. The number of halogens is 2. The Kier molecular flexibility index (Phi) is 2.60. The van der Waals surface area contributed by atoms with Gasteiger partial charge in [0.1, 0.15) is 5.82 Å². The van der Waals surface area contributed by atoms with Crippen LogP contribution in [0.1, 0.15) is 5.56 Å². The van der Waals surface area contributed by atoms with Crippen LogP contribution < -0.4 is 0 Å². The second-order valence-corrected chi connectivity index (χ2v) is 4.47. The first-order chi connectivity index (χ1) is 6.68. The summed E-state index contributed by atoms with van der Waals surface area (Å²) in [6, 6.07) is 4.74. The van der Waals surface area contributed by atoms with Crippen LogP contribution in [0, 0.1) is 5.82 Å². The van der Waals surface area contributed by atoms with Crippen LogP contribution in [0.4, 0.5) is 4.39 Å². The minimum absolute atomic E-state index is 0.0830. The molecule has 0 radical (unpaired) electrons. The van der Waals surface area contributed by atoms with E-state index in [1.807, 2.05) is 0 Å². The molecule has 0 bridgehead atoms. The van der Waals surface area contributed by atoms with Gasteiger partial charge in [0, 0.05) is 10.0 Å². The molecule has 2 rings (SSSR count). The monoisotopic (exact) mass is 260 g/mol. The van der Waals surface area contributed by atoms with Gasteiger partial charge in [-0.2, -0.15) is 0 Å². The van der Waals surface area contributed by atoms with Crippen molar-refractivity contribution in [3.05, 3.63) is 34.1 Å². The van der Waals surface area contributed by atoms with Gasteiger partial charge in [0.05, 0.1) is 25.2 Å². The molecule has 14 heavy (non-hydrogen) atoms. The molecule has 0 aromatic heterocycles. The first kappa shape index (κ1) is 10.1. The summed E-state index contributed by atoms with van der Waals surface area (Å²) >= 11 is 3.28. The number of benzene rings is 1. The Balaban J connectivity index is 2.43. The van der Waals surface area contributed by atoms with E-state index in [0.29, 0.717) is 18.8 Å². The lowest BCUT2D eigenvalue weighted by Gasteiger charge is -2.40. The van der Waals surface area contributed by atoms with E-state index in [1.54, 1.807) is 12.1 Å². The Labute approximate surface area is 89.8 Å². The van der Waals surface area contributed by atoms with Gasteiger partial charge in [0.2, 0.25) is 0 Å². The molecule has 2 nitrogen and oxygen atoms in total. The minimum atomic E-state index is -0.534. The molecule has 1 aliphatic rings. The summed E-state index contributed by atoms with van der Waals surface area (Å²) in [6.45, 7) is 0.689. The van der Waals surface area contributed by atoms with E-state index in [2.05, 4.69) is 15.9 Å². The minimum Gasteiger partial charge on any atom is -0.395 e. The number of aliphatic hydroxyl groups is 1. The van der Waals surface area contributed by atoms with Crippen LogP contribution in [0.2, 0.25) is 0 Å². The molecular weight excluding hydrogens is 251 g/mol. The lowest BCUT2D eigenvalue weighted by atomic mass is 9.79. The van der Waals surface area contributed by atoms with Crippen molar-refractivity contribution in [1.82, 2.24) is 0 Å². The van der Waals surface area contributed by atoms with Crippen LogP contribution in [0.3, 0.4) is 0 Å². The van der Waals surface area contributed by atoms with Crippen molar-refractivity contribution in [2.45, 2.75) is 5.41 Å². The second-order valence-electron chi connectivity index (χ2n) is 3.56. The molecule has 1 aromatic carbocycles. The average Bonchev–Trinajstić information content (AvgIpc) is 2.10. The molecule has 1 aliphatic heterocycles. The fourth-order valence-corrected chi connectivity index (χ4v) is 1.95. The first-order valence-electron chi connectivity index (χ1n) is 4.32. The summed E-state index contributed by atoms with van der Waals surface area (Å²) < 4.78 is 19.3. The summed E-state index contributed by atoms with van der Waals surface area (Å²) in [5.74, 6) is -0.287. The largest absolute Gasteiger partial charge is 0.395 e. The van der Waals surface area contributed by atoms with Crippen LogP contribution >= 0.6 is 15.9 Å². The van der Waals surface area contributed by atoms with E-state index in [0.717, 1.165) is 4.47 Å². The van der Waals surface area contributed by atoms with Crippen LogP contribution in [-0.4, -0.2) is 24.9 Å². The Morgan fingerprint density at radius 2 is 2.21 bits per heavy atom. The van der Waals surface area contributed by atoms with Gasteiger partial charge in [-0.3, -0.25) is 0 Å². The summed E-state index contributed by atoms with van der Waals surface area (Å²) in [6.07, 6.45) is 0. The van der Waals surface area contributed by atoms with Crippen molar-refractivity contribution >= 4 is 15.9 Å². The molecule has 0 spiro atoms. The Bertz CT molecular complexity index is 344. The quantitative estimate of drug-likeness (QED) is 0.880. The zero-order chi connectivity index (χ0) is 10.2. The molecule has 0 amide bonds. The Morgan fingerprint density at radius 1 is 1.50 bits per heavy atom. The van der Waals surface area contributed by atoms with Crippen molar-refractivity contribution in [3.8, 4) is 0 Å². The standard InChI is InChI=1S/C10H10BrFO2/c11-7-1-2-9(12)8(3-7)10(4-13)5-14-6-10/h1-3,13H,4-6H2. The van der Waals surface area contributed by atoms with E-state index in [-0.39, 0.29) is 12.4 Å². The third kappa shape index (κ3) is 1.47. The van der Waals surface area contributed by atoms with Crippen LogP contribution in [0.5, 0.6) is 0 Å². The SMILES string of the molecule is OCC1(c2cc(Br)ccc2F)COC1. The van der Waals surface area contributed by atoms with Gasteiger partial charge >= 0.3 is 0 Å². The zero-order valence-electron chi connectivity index (χ0n) is 7.46. The summed E-state index contributed by atoms with van der Waals surface area (Å²) in [5.41, 5.74) is -0.00551. The van der Waals surface area contributed by atoms with E-state index in [4.69, 9.17) is 4.74 Å². The third-order valence-electron chi connectivity index (χ3n) is 2.56. The van der Waals surface area contributed by atoms with E-state index in [9.17, 15) is 9.50 Å². The molecule has 0 atom stereocenters. The molecule has 1 aromatic rings. The molecule has 0 aliphatic carbocycles. The van der Waals surface area contributed by atoms with Crippen molar-refractivity contribution in [2.75, 3.05) is 19.8 Å². The van der Waals surface area contributed by atoms with Gasteiger partial charge in [-0.15, -0.1) is 0 Å². The van der Waals surface area contributed by atoms with Crippen LogP contribution in [0.15, 0.2) is 22.7 Å². The molecule has 76 valence electrons. The number of hydrogen-bond donors (Lipinski definition) is 1. The fourth-order valence-electron chi connectivity index (χ4n) is 1.58. The highest BCUT2D eigenvalue weighted by molar-refractivity contribution is 9.10. The van der Waals surface area contributed by atoms with Gasteiger partial charge in [-0.1, -0.05) is 15.9 Å². The Hall–Kier alpha value is -0.450. The summed E-state index contributed by atoms with van der Waals surface area (Å²) in [5, 5.41) is 9.24. The number of ether oxygens (including phenoxy) is 1. The van der Waals surface area contributed by atoms with Gasteiger partial charge in [-0.25, -0.2) is 4.39 Å². The predicted octanol–water partition coefficient (Wildman–Crippen LogP) is 1.85. The van der Waals surface area contributed by atoms with Gasteiger partial charge < -0.3 is 9.84 Å². The highest BCUT2D eigenvalue weighted by Gasteiger charge is 2.41. The Morgan fingerprint density at radius 3 is 2.71 bits per heavy atom. The molecule has 1 N–H and O–H groups in total. The predicted molar refractivity (Wildman–Crippen MR) is 53.7 cm³/mol. The molecule has 1 fully saturated rings. The van der Waals surface area contributed by atoms with E-state index < -0.39 is 5.41 Å². The van der Waals surface area contributed by atoms with E-state index in [1.165, 1.54) is 6.07 Å². The lowest BCUT2D eigenvalue weighted by molar-refractivity contribution is -0.0856. The van der Waals surface area contributed by atoms with Gasteiger partial charge in [0.25, 0.3) is 0 Å². The highest BCUT2D eigenvalue weighted by atomic mass is 79.9. The zero-order valence-corrected chi connectivity index (χ0v) is 9.05. The van der Waals surface area contributed by atoms with Crippen molar-refractivity contribution in [1.29, 1.82) is 0 Å². The molecule has 1 heterocycles. The maximum Gasteiger partial charge on any atom is 0.127 e. The third-order valence-corrected chi connectivity index (χ3v) is 3.05. The number of aliphatic hydroxyl groups excluding tert-OH is 1. The van der Waals surface area contributed by atoms with Crippen LogP contribution in [-0.2, 0) is 10.2 Å². The topological polar surface area (TPSA) is 29.5 Å². The van der Waals surface area contributed by atoms with Crippen molar-refractivity contribution in [3.63, 3.8) is 0 Å². The molecule has 1 saturated heterocycles. The summed E-state index contributed by atoms with van der Waals surface area (Å²) in [7, 11) is 0. The van der Waals surface area contributed by atoms with Crippen LogP contribution in [0.25, 0.3) is 0 Å². The van der Waals surface area contributed by atoms with Crippen molar-refractivity contribution < 1.29 is 14.2 Å². The average molecular weight is 261 g/mol. The highest BCUT2D eigenvalue weighted by Crippen LogP contribution is 2.34. The van der Waals surface area contributed by atoms with Crippen molar-refractivity contribution in [2.24, 2.45) is 0 Å². The maximum atomic E-state index is 13.5. The number of hydrogen-bond acceptors (Lipinski definition) is 2. The molecule has 0 unspecified atom stereocenters. The number of rotatable bonds is 2. The maximum absolute atomic E-state index is 13.5. The first-order valence-corrected chi connectivity index (χ1v) is 5.11. The second kappa shape index (κ2) is 3.61. The lowest BCUT2D eigenvalue weighted by Crippen LogP contribution is -2.50. The smallest absolute Gasteiger partial charge is 0.127 e. The van der Waals surface area contributed by atoms with E-state index >= 15 is 0 Å². The molecular formula is C10H10BrFO2. The van der Waals surface area contributed by atoms with Gasteiger partial charge in [-0.05, 0) is 18.2 Å². The fraction of sp³-hybridized carbons (Fsp3) is 0.400. The molecule has 0 saturated carbocycles.